The maximum atomic E-state index is 14.3. The molecule has 0 rings (SSSR count). The van der Waals surface area contributed by atoms with Crippen LogP contribution in [0.3, 0.4) is 0 Å². The van der Waals surface area contributed by atoms with E-state index in [-0.39, 0.29) is 19.6 Å². The molecule has 1 N–H and O–H groups in total. The molecule has 0 aliphatic rings. The molecule has 0 amide bonds. The van der Waals surface area contributed by atoms with Gasteiger partial charge in [-0.1, -0.05) is 70.4 Å². The van der Waals surface area contributed by atoms with E-state index < -0.39 is 38.4 Å². The van der Waals surface area contributed by atoms with Gasteiger partial charge in [0.25, 0.3) is 0 Å². The van der Waals surface area contributed by atoms with E-state index in [2.05, 4.69) is 28.1 Å². The van der Waals surface area contributed by atoms with Crippen LogP contribution >= 0.6 is 7.60 Å². The van der Waals surface area contributed by atoms with Gasteiger partial charge in [0, 0.05) is 6.42 Å². The van der Waals surface area contributed by atoms with Crippen molar-refractivity contribution in [2.24, 2.45) is 0 Å². The van der Waals surface area contributed by atoms with Crippen LogP contribution in [0.5, 0.6) is 0 Å². The molecule has 0 aliphatic carbocycles. The predicted octanol–water partition coefficient (Wildman–Crippen LogP) is 8.18. The van der Waals surface area contributed by atoms with Gasteiger partial charge in [0.2, 0.25) is 0 Å². The summed E-state index contributed by atoms with van der Waals surface area (Å²) in [5, 5.41) is 9.84. The summed E-state index contributed by atoms with van der Waals surface area (Å²) in [5.41, 5.74) is -3.88. The SMILES string of the molecule is CCCCCCCC/C=C\CCCCCCCC(=O)OC[C@@H](O)CC(F)(F)P(=O)(OCC)OCC. The first kappa shape index (κ1) is 34.2. The van der Waals surface area contributed by atoms with Crippen LogP contribution < -0.4 is 0 Å². The maximum Gasteiger partial charge on any atom is 0.399 e. The molecule has 0 saturated carbocycles. The quantitative estimate of drug-likeness (QED) is 0.0591. The van der Waals surface area contributed by atoms with Crippen molar-refractivity contribution in [1.29, 1.82) is 0 Å². The third kappa shape index (κ3) is 17.3. The Labute approximate surface area is 211 Å². The van der Waals surface area contributed by atoms with Crippen molar-refractivity contribution < 1.29 is 37.0 Å². The Hall–Kier alpha value is -0.820. The Balaban J connectivity index is 3.82. The third-order valence-corrected chi connectivity index (χ3v) is 7.74. The first-order valence-electron chi connectivity index (χ1n) is 13.5. The number of esters is 1. The minimum atomic E-state index is -4.71. The van der Waals surface area contributed by atoms with Crippen LogP contribution in [0.1, 0.15) is 117 Å². The fraction of sp³-hybridized carbons (Fsp3) is 0.885. The molecule has 0 unspecified atom stereocenters. The lowest BCUT2D eigenvalue weighted by Gasteiger charge is -2.27. The first-order valence-corrected chi connectivity index (χ1v) is 15.0. The smallest absolute Gasteiger partial charge is 0.399 e. The number of carbonyl (C=O) groups is 1. The zero-order chi connectivity index (χ0) is 26.4. The van der Waals surface area contributed by atoms with Gasteiger partial charge in [-0.15, -0.1) is 0 Å². The second-order valence-electron chi connectivity index (χ2n) is 8.87. The Morgan fingerprint density at radius 2 is 1.34 bits per heavy atom. The van der Waals surface area contributed by atoms with Gasteiger partial charge < -0.3 is 18.9 Å². The largest absolute Gasteiger partial charge is 0.463 e. The fourth-order valence-corrected chi connectivity index (χ4v) is 5.19. The van der Waals surface area contributed by atoms with Gasteiger partial charge in [0.1, 0.15) is 6.61 Å². The molecule has 1 atom stereocenters. The highest BCUT2D eigenvalue weighted by Crippen LogP contribution is 2.63. The molecule has 0 aromatic rings. The molecule has 0 saturated heterocycles. The Morgan fingerprint density at radius 1 is 0.857 bits per heavy atom. The zero-order valence-corrected chi connectivity index (χ0v) is 23.0. The average Bonchev–Trinajstić information content (AvgIpc) is 2.80. The normalized spacial score (nSPS) is 13.4. The van der Waals surface area contributed by atoms with Gasteiger partial charge in [-0.3, -0.25) is 9.36 Å². The molecule has 0 heterocycles. The van der Waals surface area contributed by atoms with Crippen molar-refractivity contribution in [3.63, 3.8) is 0 Å². The summed E-state index contributed by atoms with van der Waals surface area (Å²) in [6.07, 6.45) is 16.9. The number of hydrogen-bond acceptors (Lipinski definition) is 6. The summed E-state index contributed by atoms with van der Waals surface area (Å²) in [4.78, 5) is 11.8. The van der Waals surface area contributed by atoms with Gasteiger partial charge in [0.05, 0.1) is 25.7 Å². The molecule has 0 radical (unpaired) electrons. The van der Waals surface area contributed by atoms with Gasteiger partial charge in [-0.25, -0.2) is 0 Å². The fourth-order valence-electron chi connectivity index (χ4n) is 3.62. The number of alkyl halides is 2. The summed E-state index contributed by atoms with van der Waals surface area (Å²) in [7, 11) is -4.71. The molecule has 0 aromatic heterocycles. The Morgan fingerprint density at radius 3 is 1.86 bits per heavy atom. The molecule has 0 fully saturated rings. The maximum absolute atomic E-state index is 14.3. The lowest BCUT2D eigenvalue weighted by atomic mass is 10.1. The summed E-state index contributed by atoms with van der Waals surface area (Å²) in [5.74, 6) is -0.539. The number of allylic oxidation sites excluding steroid dienone is 2. The van der Waals surface area contributed by atoms with Crippen molar-refractivity contribution in [3.8, 4) is 0 Å². The second kappa shape index (κ2) is 21.3. The monoisotopic (exact) mass is 526 g/mol. The predicted molar refractivity (Wildman–Crippen MR) is 137 cm³/mol. The van der Waals surface area contributed by atoms with Crippen LogP contribution in [-0.4, -0.2) is 42.7 Å². The van der Waals surface area contributed by atoms with E-state index in [9.17, 15) is 23.2 Å². The lowest BCUT2D eigenvalue weighted by molar-refractivity contribution is -0.148. The van der Waals surface area contributed by atoms with Crippen LogP contribution in [0.25, 0.3) is 0 Å². The average molecular weight is 527 g/mol. The minimum Gasteiger partial charge on any atom is -0.463 e. The summed E-state index contributed by atoms with van der Waals surface area (Å²) >= 11 is 0. The van der Waals surface area contributed by atoms with Crippen LogP contribution in [0.4, 0.5) is 8.78 Å². The molecular formula is C26H49F2O6P. The van der Waals surface area contributed by atoms with Gasteiger partial charge in [0.15, 0.2) is 0 Å². The lowest BCUT2D eigenvalue weighted by Crippen LogP contribution is -2.30. The number of aliphatic hydroxyl groups excluding tert-OH is 1. The van der Waals surface area contributed by atoms with E-state index in [0.717, 1.165) is 32.1 Å². The highest BCUT2D eigenvalue weighted by atomic mass is 31.2. The summed E-state index contributed by atoms with van der Waals surface area (Å²) < 4.78 is 55.1. The molecule has 0 bridgehead atoms. The summed E-state index contributed by atoms with van der Waals surface area (Å²) in [6.45, 7) is 4.07. The zero-order valence-electron chi connectivity index (χ0n) is 22.2. The number of ether oxygens (including phenoxy) is 1. The topological polar surface area (TPSA) is 82.1 Å². The summed E-state index contributed by atoms with van der Waals surface area (Å²) in [6, 6.07) is 0. The van der Waals surface area contributed by atoms with Crippen molar-refractivity contribution in [1.82, 2.24) is 0 Å². The second-order valence-corrected chi connectivity index (χ2v) is 11.0. The van der Waals surface area contributed by atoms with Gasteiger partial charge >= 0.3 is 19.2 Å². The van der Waals surface area contributed by atoms with Crippen molar-refractivity contribution in [2.75, 3.05) is 19.8 Å². The number of halogens is 2. The third-order valence-electron chi connectivity index (χ3n) is 5.56. The van der Waals surface area contributed by atoms with E-state index in [1.54, 1.807) is 0 Å². The van der Waals surface area contributed by atoms with E-state index in [0.29, 0.717) is 6.42 Å². The molecule has 0 aromatic carbocycles. The van der Waals surface area contributed by atoms with Crippen LogP contribution in [0.15, 0.2) is 12.2 Å². The van der Waals surface area contributed by atoms with E-state index in [4.69, 9.17) is 4.74 Å². The van der Waals surface area contributed by atoms with E-state index in [1.807, 2.05) is 0 Å². The highest BCUT2D eigenvalue weighted by Gasteiger charge is 2.54. The molecule has 208 valence electrons. The standard InChI is InChI=1S/C26H49F2O6P/c1-4-7-8-9-10-11-12-13-14-15-16-17-18-19-20-21-25(30)32-23-24(29)22-26(27,28)35(31,33-5-2)34-6-3/h13-14,24,29H,4-12,15-23H2,1-3H3/b14-13-/t24-/m0/s1. The molecule has 9 heteroatoms. The van der Waals surface area contributed by atoms with E-state index in [1.165, 1.54) is 58.8 Å². The van der Waals surface area contributed by atoms with Crippen LogP contribution in [0, 0.1) is 0 Å². The number of unbranched alkanes of at least 4 members (excludes halogenated alkanes) is 11. The highest BCUT2D eigenvalue weighted by molar-refractivity contribution is 7.55. The van der Waals surface area contributed by atoms with Crippen LogP contribution in [0.2, 0.25) is 0 Å². The Bertz CT molecular complexity index is 590. The first-order chi connectivity index (χ1) is 16.7. The number of hydrogen-bond donors (Lipinski definition) is 1. The van der Waals surface area contributed by atoms with Crippen molar-refractivity contribution in [3.05, 3.63) is 12.2 Å². The van der Waals surface area contributed by atoms with Gasteiger partial charge in [-0.2, -0.15) is 8.78 Å². The number of carbonyl (C=O) groups excluding carboxylic acids is 1. The molecule has 0 spiro atoms. The van der Waals surface area contributed by atoms with Gasteiger partial charge in [-0.05, 0) is 46.0 Å². The van der Waals surface area contributed by atoms with Crippen molar-refractivity contribution in [2.45, 2.75) is 129 Å². The Kier molecular flexibility index (Phi) is 20.8. The van der Waals surface area contributed by atoms with Crippen molar-refractivity contribution >= 4 is 13.6 Å². The number of rotatable bonds is 24. The minimum absolute atomic E-state index is 0.178. The molecule has 6 nitrogen and oxygen atoms in total. The van der Waals surface area contributed by atoms with Crippen LogP contribution in [-0.2, 0) is 23.1 Å². The van der Waals surface area contributed by atoms with E-state index >= 15 is 0 Å². The molecule has 0 aliphatic heterocycles. The molecule has 35 heavy (non-hydrogen) atoms. The molecular weight excluding hydrogens is 477 g/mol. The number of aliphatic hydroxyl groups is 1.